The van der Waals surface area contributed by atoms with Gasteiger partial charge in [-0.25, -0.2) is 4.68 Å². The van der Waals surface area contributed by atoms with Crippen molar-refractivity contribution >= 4 is 23.6 Å². The summed E-state index contributed by atoms with van der Waals surface area (Å²) in [6.07, 6.45) is 4.30. The molecule has 4 fully saturated rings. The third-order valence-corrected chi connectivity index (χ3v) is 7.98. The molecule has 1 unspecified atom stereocenters. The number of amides is 4. The van der Waals surface area contributed by atoms with E-state index >= 15 is 0 Å². The Hall–Kier alpha value is -3.60. The first-order chi connectivity index (χ1) is 16.9. The van der Waals surface area contributed by atoms with E-state index in [-0.39, 0.29) is 35.9 Å². The van der Waals surface area contributed by atoms with Gasteiger partial charge in [-0.05, 0) is 62.9 Å². The molecule has 1 aromatic carbocycles. The molecule has 2 N–H and O–H groups in total. The Morgan fingerprint density at radius 2 is 1.94 bits per heavy atom. The van der Waals surface area contributed by atoms with E-state index in [4.69, 9.17) is 0 Å². The molecule has 0 spiro atoms. The molecule has 4 saturated heterocycles. The average Bonchev–Trinajstić information content (AvgIpc) is 3.47. The van der Waals surface area contributed by atoms with Crippen LogP contribution in [-0.2, 0) is 16.1 Å². The van der Waals surface area contributed by atoms with Crippen LogP contribution in [-0.4, -0.2) is 79.6 Å². The fraction of sp³-hybridized carbons (Fsp3) is 0.500. The maximum atomic E-state index is 13.1. The predicted octanol–water partition coefficient (Wildman–Crippen LogP) is 0.241. The molecule has 0 saturated carbocycles. The molecule has 7 rings (SSSR count). The van der Waals surface area contributed by atoms with Gasteiger partial charge < -0.3 is 10.2 Å². The molecule has 5 aliphatic heterocycles. The van der Waals surface area contributed by atoms with Gasteiger partial charge >= 0.3 is 0 Å². The molecular weight excluding hydrogens is 450 g/mol. The summed E-state index contributed by atoms with van der Waals surface area (Å²) in [6.45, 7) is 4.65. The number of hydrogen-bond acceptors (Lipinski definition) is 7. The van der Waals surface area contributed by atoms with Gasteiger partial charge in [0.1, 0.15) is 6.04 Å². The molecule has 6 heterocycles. The van der Waals surface area contributed by atoms with E-state index in [1.807, 2.05) is 12.1 Å². The number of aromatic nitrogens is 3. The van der Waals surface area contributed by atoms with E-state index in [1.165, 1.54) is 9.58 Å². The lowest BCUT2D eigenvalue weighted by Crippen LogP contribution is -2.62. The minimum absolute atomic E-state index is 0.103. The van der Waals surface area contributed by atoms with Crippen LogP contribution in [0, 0.1) is 5.92 Å². The summed E-state index contributed by atoms with van der Waals surface area (Å²) < 4.78 is 1.48. The van der Waals surface area contributed by atoms with Gasteiger partial charge in [0.25, 0.3) is 11.8 Å². The number of hydrogen-bond donors (Lipinski definition) is 2. The number of carbonyl (C=O) groups excluding carboxylic acids is 4. The van der Waals surface area contributed by atoms with Gasteiger partial charge in [-0.3, -0.25) is 29.4 Å². The second kappa shape index (κ2) is 8.26. The fourth-order valence-corrected chi connectivity index (χ4v) is 5.95. The molecule has 11 nitrogen and oxygen atoms in total. The zero-order valence-corrected chi connectivity index (χ0v) is 19.4. The van der Waals surface area contributed by atoms with Crippen LogP contribution in [0.4, 0.5) is 0 Å². The summed E-state index contributed by atoms with van der Waals surface area (Å²) in [5.41, 5.74) is 2.11. The summed E-state index contributed by atoms with van der Waals surface area (Å²) in [5, 5.41) is 13.7. The van der Waals surface area contributed by atoms with Crippen LogP contribution in [0.1, 0.15) is 59.0 Å². The smallest absolute Gasteiger partial charge is 0.273 e. The molecule has 4 amide bonds. The van der Waals surface area contributed by atoms with Crippen molar-refractivity contribution in [2.75, 3.05) is 13.1 Å². The number of fused-ring (bicyclic) bond motifs is 4. The van der Waals surface area contributed by atoms with Gasteiger partial charge in [-0.15, -0.1) is 5.10 Å². The molecule has 1 aromatic heterocycles. The van der Waals surface area contributed by atoms with E-state index in [2.05, 4.69) is 32.8 Å². The predicted molar refractivity (Wildman–Crippen MR) is 122 cm³/mol. The van der Waals surface area contributed by atoms with E-state index in [0.29, 0.717) is 36.2 Å². The highest BCUT2D eigenvalue weighted by molar-refractivity contribution is 6.05. The van der Waals surface area contributed by atoms with Crippen molar-refractivity contribution < 1.29 is 19.2 Å². The third kappa shape index (κ3) is 3.70. The van der Waals surface area contributed by atoms with Crippen LogP contribution in [0.3, 0.4) is 0 Å². The topological polar surface area (TPSA) is 130 Å². The molecule has 2 aromatic rings. The lowest BCUT2D eigenvalue weighted by molar-refractivity contribution is -0.136. The second-order valence-corrected chi connectivity index (χ2v) is 9.90. The van der Waals surface area contributed by atoms with E-state index < -0.39 is 11.9 Å². The van der Waals surface area contributed by atoms with E-state index in [0.717, 1.165) is 31.5 Å². The van der Waals surface area contributed by atoms with Crippen LogP contribution >= 0.6 is 0 Å². The molecule has 35 heavy (non-hydrogen) atoms. The summed E-state index contributed by atoms with van der Waals surface area (Å²) in [5.74, 6) is -0.767. The number of piperidine rings is 4. The van der Waals surface area contributed by atoms with Crippen molar-refractivity contribution in [2.45, 2.75) is 57.3 Å². The molecule has 3 atom stereocenters. The standard InChI is InChI=1S/C24H27N7O4/c1-13-21(14-6-8-29(13)9-7-14)26-22(33)18-12-31(28-27-18)16-3-2-15-11-30(24(35)17(15)10-16)19-4-5-20(32)25-23(19)34/h2-3,10,12-14,19,21H,4-9,11H2,1H3,(H,26,33)(H,25,32,34)/t13-,19?,21-/m1/s1. The van der Waals surface area contributed by atoms with Gasteiger partial charge in [0.05, 0.1) is 11.9 Å². The van der Waals surface area contributed by atoms with Crippen LogP contribution in [0.5, 0.6) is 0 Å². The molecule has 2 bridgehead atoms. The Morgan fingerprint density at radius 3 is 2.69 bits per heavy atom. The number of imide groups is 1. The largest absolute Gasteiger partial charge is 0.346 e. The van der Waals surface area contributed by atoms with Gasteiger partial charge in [0.15, 0.2) is 5.69 Å². The van der Waals surface area contributed by atoms with Crippen LogP contribution in [0.25, 0.3) is 5.69 Å². The fourth-order valence-electron chi connectivity index (χ4n) is 5.95. The van der Waals surface area contributed by atoms with Gasteiger partial charge in [-0.2, -0.15) is 0 Å². The quantitative estimate of drug-likeness (QED) is 0.604. The highest BCUT2D eigenvalue weighted by Gasteiger charge is 2.41. The van der Waals surface area contributed by atoms with Crippen molar-refractivity contribution in [3.8, 4) is 5.69 Å². The van der Waals surface area contributed by atoms with Gasteiger partial charge in [-0.1, -0.05) is 11.3 Å². The summed E-state index contributed by atoms with van der Waals surface area (Å²) in [6, 6.07) is 5.08. The Balaban J connectivity index is 1.17. The number of rotatable bonds is 4. The Bertz CT molecular complexity index is 1230. The average molecular weight is 478 g/mol. The van der Waals surface area contributed by atoms with Crippen molar-refractivity contribution in [1.82, 2.24) is 35.4 Å². The Morgan fingerprint density at radius 1 is 1.14 bits per heavy atom. The lowest BCUT2D eigenvalue weighted by Gasteiger charge is -2.49. The van der Waals surface area contributed by atoms with Crippen molar-refractivity contribution in [2.24, 2.45) is 5.92 Å². The zero-order valence-electron chi connectivity index (χ0n) is 19.4. The van der Waals surface area contributed by atoms with Gasteiger partial charge in [0.2, 0.25) is 11.8 Å². The highest BCUT2D eigenvalue weighted by Crippen LogP contribution is 2.32. The van der Waals surface area contributed by atoms with Crippen LogP contribution < -0.4 is 10.6 Å². The molecule has 11 heteroatoms. The third-order valence-electron chi connectivity index (χ3n) is 7.98. The number of nitrogens with zero attached hydrogens (tertiary/aromatic N) is 5. The summed E-state index contributed by atoms with van der Waals surface area (Å²) >= 11 is 0. The minimum atomic E-state index is -0.661. The van der Waals surface area contributed by atoms with Crippen molar-refractivity contribution in [3.63, 3.8) is 0 Å². The lowest BCUT2D eigenvalue weighted by atomic mass is 9.79. The molecule has 5 aliphatic rings. The highest BCUT2D eigenvalue weighted by atomic mass is 16.2. The monoisotopic (exact) mass is 477 g/mol. The normalized spacial score (nSPS) is 29.8. The zero-order chi connectivity index (χ0) is 24.3. The maximum Gasteiger partial charge on any atom is 0.273 e. The molecule has 0 radical (unpaired) electrons. The number of carbonyl (C=O) groups is 4. The Kier molecular flexibility index (Phi) is 5.17. The van der Waals surface area contributed by atoms with Crippen LogP contribution in [0.15, 0.2) is 24.4 Å². The first-order valence-electron chi connectivity index (χ1n) is 12.1. The molecule has 0 aliphatic carbocycles. The van der Waals surface area contributed by atoms with Gasteiger partial charge in [0, 0.05) is 30.6 Å². The number of benzene rings is 1. The molecular formula is C24H27N7O4. The first kappa shape index (κ1) is 21.9. The Labute approximate surface area is 201 Å². The molecule has 182 valence electrons. The second-order valence-electron chi connectivity index (χ2n) is 9.90. The first-order valence-corrected chi connectivity index (χ1v) is 12.1. The van der Waals surface area contributed by atoms with E-state index in [1.54, 1.807) is 12.3 Å². The van der Waals surface area contributed by atoms with Crippen molar-refractivity contribution in [1.29, 1.82) is 0 Å². The maximum absolute atomic E-state index is 13.1. The minimum Gasteiger partial charge on any atom is -0.346 e. The SMILES string of the molecule is C[C@@H]1[C@@H](NC(=O)c2cn(-c3ccc4c(c3)C(=O)N(C3CCC(=O)NC3=O)C4)nn2)C2CCN1CC2. The number of nitrogens with one attached hydrogen (secondary N) is 2. The summed E-state index contributed by atoms with van der Waals surface area (Å²) in [7, 11) is 0. The van der Waals surface area contributed by atoms with Crippen LogP contribution in [0.2, 0.25) is 0 Å². The van der Waals surface area contributed by atoms with E-state index in [9.17, 15) is 19.2 Å². The summed E-state index contributed by atoms with van der Waals surface area (Å²) in [4.78, 5) is 53.7. The van der Waals surface area contributed by atoms with Crippen molar-refractivity contribution in [3.05, 3.63) is 41.2 Å².